The second-order valence-corrected chi connectivity index (χ2v) is 15.8. The summed E-state index contributed by atoms with van der Waals surface area (Å²) in [5, 5.41) is 6.72. The fourth-order valence-corrected chi connectivity index (χ4v) is 7.80. The van der Waals surface area contributed by atoms with Crippen LogP contribution >= 0.6 is 39.1 Å². The quantitative estimate of drug-likeness (QED) is 0.156. The zero-order chi connectivity index (χ0) is 38.6. The number of hydrogen-bond acceptors (Lipinski definition) is 0. The van der Waals surface area contributed by atoms with Crippen LogP contribution in [-0.4, -0.2) is 15.8 Å². The monoisotopic (exact) mass is 826 g/mol. The zero-order valence-corrected chi connectivity index (χ0v) is 34.2. The highest BCUT2D eigenvalue weighted by molar-refractivity contribution is 9.10. The van der Waals surface area contributed by atoms with Crippen LogP contribution in [0.4, 0.5) is 0 Å². The maximum absolute atomic E-state index is 6.04. The minimum absolute atomic E-state index is 0.545. The highest BCUT2D eigenvalue weighted by atomic mass is 79.9. The van der Waals surface area contributed by atoms with E-state index in [9.17, 15) is 0 Å². The van der Waals surface area contributed by atoms with E-state index in [1.54, 1.807) is 0 Å². The minimum Gasteiger partial charge on any atom is -0.309 e. The Bertz CT molecular complexity index is 2880. The van der Waals surface area contributed by atoms with Crippen molar-refractivity contribution in [3.8, 4) is 22.5 Å². The normalized spacial score (nSPS) is 10.9. The Kier molecular flexibility index (Phi) is 11.2. The molecule has 0 aliphatic carbocycles. The summed E-state index contributed by atoms with van der Waals surface area (Å²) in [7, 11) is 0. The molecule has 0 radical (unpaired) electrons. The number of nitrogens with zero attached hydrogens (tertiary/aromatic N) is 2. The summed E-state index contributed by atoms with van der Waals surface area (Å²) < 4.78 is 5.74. The van der Waals surface area contributed by atoms with E-state index in [0.29, 0.717) is 6.71 Å². The molecule has 10 aromatic rings. The number of fused-ring (bicyclic) bond motifs is 6. The van der Waals surface area contributed by atoms with Crippen LogP contribution in [0.2, 0.25) is 23.7 Å². The van der Waals surface area contributed by atoms with E-state index in [2.05, 4.69) is 196 Å². The molecule has 2 aromatic heterocycles. The van der Waals surface area contributed by atoms with Crippen LogP contribution in [0.1, 0.15) is 0 Å². The van der Waals surface area contributed by atoms with Crippen LogP contribution in [-0.2, 0) is 0 Å². The third-order valence-corrected chi connectivity index (χ3v) is 11.1. The first kappa shape index (κ1) is 37.4. The van der Waals surface area contributed by atoms with Gasteiger partial charge in [-0.05, 0) is 102 Å². The van der Waals surface area contributed by atoms with Gasteiger partial charge in [0.1, 0.15) is 0 Å². The maximum atomic E-state index is 6.04. The Balaban J connectivity index is 0.000000133. The Labute approximate surface area is 346 Å². The molecule has 0 aliphatic heterocycles. The molecule has 0 fully saturated rings. The molecule has 0 bridgehead atoms. The van der Waals surface area contributed by atoms with E-state index in [0.717, 1.165) is 14.5 Å². The second-order valence-electron chi connectivity index (χ2n) is 14.0. The topological polar surface area (TPSA) is 9.86 Å². The van der Waals surface area contributed by atoms with Gasteiger partial charge in [0.25, 0.3) is 0 Å². The van der Waals surface area contributed by atoms with Crippen LogP contribution in [0.25, 0.3) is 66.1 Å². The average Bonchev–Trinajstić information content (AvgIpc) is 3.75. The molecule has 0 saturated carbocycles. The highest BCUT2D eigenvalue weighted by Gasteiger charge is 2.14. The lowest BCUT2D eigenvalue weighted by molar-refractivity contribution is 1.18. The van der Waals surface area contributed by atoms with Gasteiger partial charge in [-0.2, -0.15) is 0 Å². The molecule has 0 amide bonds. The molecule has 0 unspecified atom stereocenters. The Hall–Kier alpha value is -5.52. The summed E-state index contributed by atoms with van der Waals surface area (Å²) in [5.74, 6) is 0. The number of rotatable bonds is 4. The summed E-state index contributed by atoms with van der Waals surface area (Å²) in [6.07, 6.45) is 0. The van der Waals surface area contributed by atoms with Gasteiger partial charge in [-0.15, -0.1) is 0 Å². The minimum atomic E-state index is 0.545. The van der Waals surface area contributed by atoms with Crippen molar-refractivity contribution in [1.29, 1.82) is 0 Å². The molecule has 0 aliphatic rings. The Morgan fingerprint density at radius 2 is 0.804 bits per heavy atom. The summed E-state index contributed by atoms with van der Waals surface area (Å²) in [6, 6.07) is 67.4. The van der Waals surface area contributed by atoms with Crippen molar-refractivity contribution < 1.29 is 0 Å². The van der Waals surface area contributed by atoms with Crippen LogP contribution < -0.4 is 5.46 Å². The molecule has 0 N–H and O–H groups in total. The lowest BCUT2D eigenvalue weighted by Gasteiger charge is -2.08. The lowest BCUT2D eigenvalue weighted by Crippen LogP contribution is -2.21. The molecular weight excluding hydrogens is 790 g/mol. The van der Waals surface area contributed by atoms with Gasteiger partial charge in [-0.1, -0.05) is 161 Å². The van der Waals surface area contributed by atoms with E-state index in [4.69, 9.17) is 23.2 Å². The molecule has 6 heteroatoms. The van der Waals surface area contributed by atoms with Crippen molar-refractivity contribution >= 4 is 94.9 Å². The van der Waals surface area contributed by atoms with Crippen LogP contribution in [0.15, 0.2) is 199 Å². The molecule has 2 heterocycles. The van der Waals surface area contributed by atoms with Crippen molar-refractivity contribution in [2.45, 2.75) is 13.6 Å². The third kappa shape index (κ3) is 7.79. The smallest absolute Gasteiger partial charge is 0.169 e. The first-order chi connectivity index (χ1) is 27.4. The average molecular weight is 828 g/mol. The number of para-hydroxylation sites is 4. The van der Waals surface area contributed by atoms with Gasteiger partial charge in [-0.3, -0.25) is 0 Å². The van der Waals surface area contributed by atoms with E-state index in [1.807, 2.05) is 36.4 Å². The standard InChI is InChI=1S/C24H16ClN.C20H18BN.C6H4BrCl/c25-19-13-10-17(11-14-19)18-12-15-24-22(16-18)21-8-4-5-9-23(21)26(24)20-6-2-1-3-7-20;1-21(2)15-12-13-20-18(14-15)17-10-6-7-11-19(17)22(20)16-8-4-3-5-9-16;7-5-1-3-6(8)4-2-5/h1-16H;3-14H,1-2H3;1-4H. The first-order valence-corrected chi connectivity index (χ1v) is 20.2. The third-order valence-electron chi connectivity index (χ3n) is 10.0. The maximum Gasteiger partial charge on any atom is 0.169 e. The molecule has 0 atom stereocenters. The highest BCUT2D eigenvalue weighted by Crippen LogP contribution is 2.35. The SMILES string of the molecule is CB(C)c1ccc2c(c1)c1ccccc1n2-c1ccccc1.Clc1ccc(-c2ccc3c(c2)c2ccccc2n3-c2ccccc2)cc1.Clc1ccc(Br)cc1. The zero-order valence-electron chi connectivity index (χ0n) is 31.1. The number of benzene rings is 8. The van der Waals surface area contributed by atoms with Crippen LogP contribution in [0.5, 0.6) is 0 Å². The molecule has 272 valence electrons. The Morgan fingerprint density at radius 1 is 0.393 bits per heavy atom. The summed E-state index contributed by atoms with van der Waals surface area (Å²) in [6.45, 7) is 5.04. The molecule has 0 spiro atoms. The Morgan fingerprint density at radius 3 is 1.30 bits per heavy atom. The van der Waals surface area contributed by atoms with E-state index < -0.39 is 0 Å². The van der Waals surface area contributed by atoms with E-state index >= 15 is 0 Å². The largest absolute Gasteiger partial charge is 0.309 e. The lowest BCUT2D eigenvalue weighted by atomic mass is 9.49. The van der Waals surface area contributed by atoms with Gasteiger partial charge in [0.15, 0.2) is 6.71 Å². The second kappa shape index (κ2) is 16.7. The van der Waals surface area contributed by atoms with Gasteiger partial charge in [-0.25, -0.2) is 0 Å². The van der Waals surface area contributed by atoms with E-state index in [-0.39, 0.29) is 0 Å². The predicted octanol–water partition coefficient (Wildman–Crippen LogP) is 15.0. The fourth-order valence-electron chi connectivity index (χ4n) is 7.28. The van der Waals surface area contributed by atoms with Crippen molar-refractivity contribution in [2.24, 2.45) is 0 Å². The van der Waals surface area contributed by atoms with Gasteiger partial charge in [0, 0.05) is 47.4 Å². The molecule has 56 heavy (non-hydrogen) atoms. The van der Waals surface area contributed by atoms with Crippen molar-refractivity contribution in [2.75, 3.05) is 0 Å². The number of aromatic nitrogens is 2. The fraction of sp³-hybridized carbons (Fsp3) is 0.0400. The molecule has 0 saturated heterocycles. The van der Waals surface area contributed by atoms with Crippen molar-refractivity contribution in [1.82, 2.24) is 9.13 Å². The van der Waals surface area contributed by atoms with Gasteiger partial charge in [0.2, 0.25) is 0 Å². The molecule has 8 aromatic carbocycles. The molecule has 2 nitrogen and oxygen atoms in total. The van der Waals surface area contributed by atoms with Gasteiger partial charge in [0.05, 0.1) is 22.1 Å². The molecular formula is C50H38BBrCl2N2. The summed E-state index contributed by atoms with van der Waals surface area (Å²) in [5.41, 5.74) is 11.1. The van der Waals surface area contributed by atoms with Crippen LogP contribution in [0, 0.1) is 0 Å². The van der Waals surface area contributed by atoms with Crippen LogP contribution in [0.3, 0.4) is 0 Å². The summed E-state index contributed by atoms with van der Waals surface area (Å²) in [4.78, 5) is 0. The number of halogens is 3. The number of hydrogen-bond donors (Lipinski definition) is 0. The van der Waals surface area contributed by atoms with E-state index in [1.165, 1.54) is 71.6 Å². The van der Waals surface area contributed by atoms with Crippen molar-refractivity contribution in [3.63, 3.8) is 0 Å². The molecule has 10 rings (SSSR count). The van der Waals surface area contributed by atoms with Gasteiger partial charge >= 0.3 is 0 Å². The predicted molar refractivity (Wildman–Crippen MR) is 248 cm³/mol. The van der Waals surface area contributed by atoms with Gasteiger partial charge < -0.3 is 9.13 Å². The van der Waals surface area contributed by atoms with Crippen molar-refractivity contribution in [3.05, 3.63) is 209 Å². The first-order valence-electron chi connectivity index (χ1n) is 18.7. The summed E-state index contributed by atoms with van der Waals surface area (Å²) >= 11 is 14.9.